The average molecular weight is 491 g/mol. The van der Waals surface area contributed by atoms with E-state index in [-0.39, 0.29) is 44.9 Å². The van der Waals surface area contributed by atoms with Gasteiger partial charge in [0.1, 0.15) is 11.6 Å². The highest BCUT2D eigenvalue weighted by atomic mass is 35.5. The quantitative estimate of drug-likeness (QED) is 0.682. The maximum Gasteiger partial charge on any atom is 0.425 e. The lowest BCUT2D eigenvalue weighted by molar-refractivity contribution is -0.138. The van der Waals surface area contributed by atoms with Crippen LogP contribution in [0.5, 0.6) is 0 Å². The summed E-state index contributed by atoms with van der Waals surface area (Å²) >= 11 is 12.2. The molecule has 2 N–H and O–H groups in total. The summed E-state index contributed by atoms with van der Waals surface area (Å²) in [6.07, 6.45) is -3.89. The molecule has 0 aliphatic carbocycles. The average Bonchev–Trinajstić information content (AvgIpc) is 2.99. The van der Waals surface area contributed by atoms with Crippen LogP contribution in [0.25, 0.3) is 5.69 Å². The van der Waals surface area contributed by atoms with Crippen molar-refractivity contribution in [3.05, 3.63) is 50.0 Å². The van der Waals surface area contributed by atoms with Crippen molar-refractivity contribution < 1.29 is 17.9 Å². The smallest absolute Gasteiger partial charge is 0.376 e. The van der Waals surface area contributed by atoms with E-state index in [1.165, 1.54) is 30.0 Å². The molecule has 0 bridgehead atoms. The molecule has 32 heavy (non-hydrogen) atoms. The van der Waals surface area contributed by atoms with Crippen molar-refractivity contribution in [2.75, 3.05) is 24.6 Å². The van der Waals surface area contributed by atoms with Crippen molar-refractivity contribution in [2.45, 2.75) is 45.0 Å². The van der Waals surface area contributed by atoms with Crippen LogP contribution in [0, 0.1) is 12.3 Å². The van der Waals surface area contributed by atoms with E-state index in [1.807, 2.05) is 6.92 Å². The van der Waals surface area contributed by atoms with Crippen LogP contribution in [0.4, 0.5) is 19.0 Å². The fourth-order valence-corrected chi connectivity index (χ4v) is 5.06. The highest BCUT2D eigenvalue weighted by Crippen LogP contribution is 2.43. The zero-order chi connectivity index (χ0) is 23.4. The van der Waals surface area contributed by atoms with Crippen LogP contribution in [0.15, 0.2) is 23.0 Å². The largest absolute Gasteiger partial charge is 0.425 e. The van der Waals surface area contributed by atoms with Crippen LogP contribution in [0.2, 0.25) is 10.0 Å². The number of aryl methyl sites for hydroxylation is 1. The number of piperidine rings is 1. The Morgan fingerprint density at radius 2 is 1.91 bits per heavy atom. The van der Waals surface area contributed by atoms with E-state index in [2.05, 4.69) is 4.98 Å². The van der Waals surface area contributed by atoms with E-state index in [9.17, 15) is 18.0 Å². The molecule has 0 amide bonds. The van der Waals surface area contributed by atoms with Crippen LogP contribution in [0.1, 0.15) is 31.2 Å². The second-order valence-corrected chi connectivity index (χ2v) is 9.25. The number of rotatable bonds is 2. The first-order chi connectivity index (χ1) is 15.0. The van der Waals surface area contributed by atoms with Gasteiger partial charge in [0.25, 0.3) is 5.56 Å². The molecule has 4 rings (SSSR count). The summed E-state index contributed by atoms with van der Waals surface area (Å²) < 4.78 is 48.8. The Morgan fingerprint density at radius 1 is 1.25 bits per heavy atom. The normalized spacial score (nSPS) is 23.2. The molecule has 1 aromatic heterocycles. The standard InChI is InChI=1S/C21H23Cl2F3N4O2/c1-11-17(27)20(10-32-11)6-8-29(9-7-20)18-15(21(24,25)26)19(31)30(12(2)28-18)14-5-3-4-13(22)16(14)23/h3-5,11,17H,6-10,27H2,1-2H3/t11-,17+/m1/s1. The lowest BCUT2D eigenvalue weighted by Crippen LogP contribution is -2.51. The molecule has 2 aliphatic heterocycles. The van der Waals surface area contributed by atoms with Crippen molar-refractivity contribution >= 4 is 29.0 Å². The molecule has 3 heterocycles. The third kappa shape index (κ3) is 3.79. The second-order valence-electron chi connectivity index (χ2n) is 8.46. The minimum atomic E-state index is -4.91. The number of hydrogen-bond donors (Lipinski definition) is 1. The van der Waals surface area contributed by atoms with Gasteiger partial charge >= 0.3 is 6.18 Å². The second kappa shape index (κ2) is 8.20. The maximum absolute atomic E-state index is 14.1. The Kier molecular flexibility index (Phi) is 5.98. The fourth-order valence-electron chi connectivity index (χ4n) is 4.68. The van der Waals surface area contributed by atoms with E-state index < -0.39 is 17.3 Å². The molecule has 1 spiro atoms. The van der Waals surface area contributed by atoms with E-state index >= 15 is 0 Å². The number of halogens is 5. The molecule has 2 fully saturated rings. The van der Waals surface area contributed by atoms with E-state index in [0.717, 1.165) is 4.57 Å². The number of nitrogens with zero attached hydrogens (tertiary/aromatic N) is 3. The van der Waals surface area contributed by atoms with Crippen molar-refractivity contribution in [3.8, 4) is 5.69 Å². The van der Waals surface area contributed by atoms with Gasteiger partial charge in [-0.3, -0.25) is 9.36 Å². The zero-order valence-electron chi connectivity index (χ0n) is 17.5. The summed E-state index contributed by atoms with van der Waals surface area (Å²) in [5.41, 5.74) is 3.53. The van der Waals surface area contributed by atoms with Crippen LogP contribution < -0.4 is 16.2 Å². The first kappa shape index (κ1) is 23.4. The SMILES string of the molecule is Cc1nc(N2CCC3(CC2)CO[C@H](C)[C@@H]3N)c(C(F)(F)F)c(=O)n1-c1cccc(Cl)c1Cl. The highest BCUT2D eigenvalue weighted by molar-refractivity contribution is 6.43. The molecule has 2 aromatic rings. The fraction of sp³-hybridized carbons (Fsp3) is 0.524. The van der Waals surface area contributed by atoms with Crippen LogP contribution in [-0.2, 0) is 10.9 Å². The molecule has 2 aliphatic rings. The molecular weight excluding hydrogens is 468 g/mol. The Labute approximate surface area is 193 Å². The summed E-state index contributed by atoms with van der Waals surface area (Å²) in [4.78, 5) is 18.9. The summed E-state index contributed by atoms with van der Waals surface area (Å²) in [5, 5.41) is 0.102. The Bertz CT molecular complexity index is 1100. The zero-order valence-corrected chi connectivity index (χ0v) is 19.1. The summed E-state index contributed by atoms with van der Waals surface area (Å²) in [6, 6.07) is 4.24. The third-order valence-corrected chi connectivity index (χ3v) is 7.40. The number of anilines is 1. The number of nitrogens with two attached hydrogens (primary N) is 1. The molecule has 2 saturated heterocycles. The van der Waals surface area contributed by atoms with Crippen molar-refractivity contribution in [3.63, 3.8) is 0 Å². The Balaban J connectivity index is 1.78. The monoisotopic (exact) mass is 490 g/mol. The molecule has 6 nitrogen and oxygen atoms in total. The Morgan fingerprint density at radius 3 is 2.47 bits per heavy atom. The van der Waals surface area contributed by atoms with Crippen LogP contribution in [0.3, 0.4) is 0 Å². The minimum Gasteiger partial charge on any atom is -0.376 e. The molecule has 2 atom stereocenters. The van der Waals surface area contributed by atoms with Gasteiger partial charge in [0.2, 0.25) is 0 Å². The first-order valence-electron chi connectivity index (χ1n) is 10.2. The van der Waals surface area contributed by atoms with Gasteiger partial charge in [0.15, 0.2) is 5.56 Å². The molecule has 11 heteroatoms. The van der Waals surface area contributed by atoms with Gasteiger partial charge in [-0.1, -0.05) is 29.3 Å². The van der Waals surface area contributed by atoms with E-state index in [0.29, 0.717) is 32.5 Å². The van der Waals surface area contributed by atoms with Gasteiger partial charge in [-0.25, -0.2) is 4.98 Å². The van der Waals surface area contributed by atoms with Gasteiger partial charge in [0, 0.05) is 24.5 Å². The van der Waals surface area contributed by atoms with Gasteiger partial charge in [-0.05, 0) is 38.8 Å². The van der Waals surface area contributed by atoms with Gasteiger partial charge in [-0.2, -0.15) is 13.2 Å². The molecule has 1 aromatic carbocycles. The molecule has 174 valence electrons. The summed E-state index contributed by atoms with van der Waals surface area (Å²) in [5.74, 6) is -0.290. The number of alkyl halides is 3. The maximum atomic E-state index is 14.1. The number of ether oxygens (including phenoxy) is 1. The van der Waals surface area contributed by atoms with Gasteiger partial charge in [-0.15, -0.1) is 0 Å². The first-order valence-corrected chi connectivity index (χ1v) is 11.0. The number of hydrogen-bond acceptors (Lipinski definition) is 5. The molecule has 0 unspecified atom stereocenters. The van der Waals surface area contributed by atoms with Crippen LogP contribution >= 0.6 is 23.2 Å². The minimum absolute atomic E-state index is 0.0219. The van der Waals surface area contributed by atoms with Crippen molar-refractivity contribution in [1.29, 1.82) is 0 Å². The van der Waals surface area contributed by atoms with Gasteiger partial charge < -0.3 is 15.4 Å². The van der Waals surface area contributed by atoms with Crippen LogP contribution in [-0.4, -0.2) is 41.4 Å². The van der Waals surface area contributed by atoms with Crippen molar-refractivity contribution in [2.24, 2.45) is 11.1 Å². The van der Waals surface area contributed by atoms with Gasteiger partial charge in [0.05, 0.1) is 28.4 Å². The Hall–Kier alpha value is -1.81. The lowest BCUT2D eigenvalue weighted by atomic mass is 9.73. The topological polar surface area (TPSA) is 73.4 Å². The third-order valence-electron chi connectivity index (χ3n) is 6.59. The lowest BCUT2D eigenvalue weighted by Gasteiger charge is -2.42. The summed E-state index contributed by atoms with van der Waals surface area (Å²) in [6.45, 7) is 4.44. The predicted molar refractivity (Wildman–Crippen MR) is 117 cm³/mol. The number of aromatic nitrogens is 2. The highest BCUT2D eigenvalue weighted by Gasteiger charge is 2.49. The molecule has 0 saturated carbocycles. The number of benzene rings is 1. The van der Waals surface area contributed by atoms with Crippen molar-refractivity contribution in [1.82, 2.24) is 9.55 Å². The summed E-state index contributed by atoms with van der Waals surface area (Å²) in [7, 11) is 0. The van der Waals surface area contributed by atoms with E-state index in [4.69, 9.17) is 33.7 Å². The molecule has 0 radical (unpaired) electrons. The predicted octanol–water partition coefficient (Wildman–Crippen LogP) is 4.20. The van der Waals surface area contributed by atoms with E-state index in [1.54, 1.807) is 0 Å². The molecular formula is C21H23Cl2F3N4O2.